The van der Waals surface area contributed by atoms with E-state index in [2.05, 4.69) is 19.2 Å². The van der Waals surface area contributed by atoms with Crippen LogP contribution < -0.4 is 10.1 Å². The quantitative estimate of drug-likeness (QED) is 0.825. The zero-order chi connectivity index (χ0) is 14.4. The number of hydrogen-bond donors (Lipinski definition) is 1. The van der Waals surface area contributed by atoms with E-state index in [1.54, 1.807) is 25.3 Å². The molecule has 4 heteroatoms. The molecule has 1 N–H and O–H groups in total. The third-order valence-electron chi connectivity index (χ3n) is 3.23. The Hall–Kier alpha value is -1.13. The predicted molar refractivity (Wildman–Crippen MR) is 75.0 cm³/mol. The van der Waals surface area contributed by atoms with E-state index in [-0.39, 0.29) is 29.6 Å². The Kier molecular flexibility index (Phi) is 6.25. The first-order valence-electron chi connectivity index (χ1n) is 6.65. The molecule has 1 aromatic carbocycles. The maximum atomic E-state index is 14.4. The van der Waals surface area contributed by atoms with E-state index in [0.29, 0.717) is 5.56 Å². The largest absolute Gasteiger partial charge is 0.494 e. The molecule has 1 rings (SSSR count). The van der Waals surface area contributed by atoms with Gasteiger partial charge in [0.15, 0.2) is 11.6 Å². The highest BCUT2D eigenvalue weighted by molar-refractivity contribution is 5.33. The molecule has 3 nitrogen and oxygen atoms in total. The van der Waals surface area contributed by atoms with Crippen LogP contribution >= 0.6 is 0 Å². The molecule has 0 fully saturated rings. The Bertz CT molecular complexity index is 396. The Morgan fingerprint density at radius 2 is 1.95 bits per heavy atom. The Morgan fingerprint density at radius 3 is 2.42 bits per heavy atom. The number of hydrogen-bond acceptors (Lipinski definition) is 3. The zero-order valence-corrected chi connectivity index (χ0v) is 12.4. The minimum atomic E-state index is -0.321. The molecule has 0 aliphatic carbocycles. The fourth-order valence-corrected chi connectivity index (χ4v) is 2.34. The SMILES string of the molecule is CCNC(c1cccc(OC)c1F)C(OC)C(C)C. The highest BCUT2D eigenvalue weighted by atomic mass is 19.1. The molecule has 0 saturated carbocycles. The van der Waals surface area contributed by atoms with Crippen molar-refractivity contribution in [2.75, 3.05) is 20.8 Å². The molecule has 0 spiro atoms. The molecule has 2 atom stereocenters. The Morgan fingerprint density at radius 1 is 1.26 bits per heavy atom. The predicted octanol–water partition coefficient (Wildman–Crippen LogP) is 3.16. The monoisotopic (exact) mass is 269 g/mol. The molecule has 1 aromatic rings. The smallest absolute Gasteiger partial charge is 0.169 e. The van der Waals surface area contributed by atoms with E-state index in [9.17, 15) is 4.39 Å². The van der Waals surface area contributed by atoms with Gasteiger partial charge in [0.25, 0.3) is 0 Å². The van der Waals surface area contributed by atoms with Crippen LogP contribution in [-0.4, -0.2) is 26.9 Å². The fraction of sp³-hybridized carbons (Fsp3) is 0.600. The van der Waals surface area contributed by atoms with E-state index in [1.807, 2.05) is 6.92 Å². The second-order valence-electron chi connectivity index (χ2n) is 4.84. The average Bonchev–Trinajstić information content (AvgIpc) is 2.38. The van der Waals surface area contributed by atoms with Gasteiger partial charge in [0.05, 0.1) is 19.3 Å². The molecule has 0 radical (unpaired) electrons. The van der Waals surface area contributed by atoms with Crippen molar-refractivity contribution >= 4 is 0 Å². The molecular weight excluding hydrogens is 245 g/mol. The van der Waals surface area contributed by atoms with Crippen LogP contribution in [-0.2, 0) is 4.74 Å². The van der Waals surface area contributed by atoms with Gasteiger partial charge in [-0.2, -0.15) is 0 Å². The summed E-state index contributed by atoms with van der Waals surface area (Å²) in [6, 6.07) is 5.01. The minimum absolute atomic E-state index is 0.0958. The first-order chi connectivity index (χ1) is 9.06. The maximum Gasteiger partial charge on any atom is 0.169 e. The van der Waals surface area contributed by atoms with Crippen LogP contribution in [0.3, 0.4) is 0 Å². The summed E-state index contributed by atoms with van der Waals surface area (Å²) in [4.78, 5) is 0. The summed E-state index contributed by atoms with van der Waals surface area (Å²) >= 11 is 0. The number of halogens is 1. The topological polar surface area (TPSA) is 30.5 Å². The van der Waals surface area contributed by atoms with Crippen molar-refractivity contribution in [3.8, 4) is 5.75 Å². The first-order valence-corrected chi connectivity index (χ1v) is 6.65. The van der Waals surface area contributed by atoms with Crippen LogP contribution in [0.1, 0.15) is 32.4 Å². The van der Waals surface area contributed by atoms with Crippen molar-refractivity contribution < 1.29 is 13.9 Å². The second kappa shape index (κ2) is 7.46. The minimum Gasteiger partial charge on any atom is -0.494 e. The van der Waals surface area contributed by atoms with E-state index in [0.717, 1.165) is 6.54 Å². The Labute approximate surface area is 115 Å². The summed E-state index contributed by atoms with van der Waals surface area (Å²) in [5.41, 5.74) is 0.585. The van der Waals surface area contributed by atoms with E-state index in [1.165, 1.54) is 7.11 Å². The zero-order valence-electron chi connectivity index (χ0n) is 12.4. The van der Waals surface area contributed by atoms with Crippen molar-refractivity contribution in [1.29, 1.82) is 0 Å². The summed E-state index contributed by atoms with van der Waals surface area (Å²) in [5, 5.41) is 3.30. The van der Waals surface area contributed by atoms with E-state index in [4.69, 9.17) is 9.47 Å². The number of benzene rings is 1. The van der Waals surface area contributed by atoms with Crippen LogP contribution in [0.5, 0.6) is 5.75 Å². The number of methoxy groups -OCH3 is 2. The van der Waals surface area contributed by atoms with Crippen molar-refractivity contribution in [2.24, 2.45) is 5.92 Å². The van der Waals surface area contributed by atoms with Gasteiger partial charge in [0, 0.05) is 12.7 Å². The normalized spacial score (nSPS) is 14.5. The number of likely N-dealkylation sites (N-methyl/N-ethyl adjacent to an activating group) is 1. The van der Waals surface area contributed by atoms with Crippen molar-refractivity contribution in [3.05, 3.63) is 29.6 Å². The standard InChI is InChI=1S/C15H24FNO2/c1-6-17-14(15(19-5)10(2)3)11-8-7-9-12(18-4)13(11)16/h7-10,14-15,17H,6H2,1-5H3. The molecular formula is C15H24FNO2. The lowest BCUT2D eigenvalue weighted by molar-refractivity contribution is 0.0320. The van der Waals surface area contributed by atoms with Gasteiger partial charge >= 0.3 is 0 Å². The second-order valence-corrected chi connectivity index (χ2v) is 4.84. The lowest BCUT2D eigenvalue weighted by atomic mass is 9.93. The van der Waals surface area contributed by atoms with Crippen LogP contribution in [0, 0.1) is 11.7 Å². The van der Waals surface area contributed by atoms with Gasteiger partial charge in [-0.05, 0) is 18.5 Å². The van der Waals surface area contributed by atoms with Crippen molar-refractivity contribution in [3.63, 3.8) is 0 Å². The molecule has 0 heterocycles. The maximum absolute atomic E-state index is 14.4. The van der Waals surface area contributed by atoms with Gasteiger partial charge in [-0.15, -0.1) is 0 Å². The molecule has 2 unspecified atom stereocenters. The van der Waals surface area contributed by atoms with Gasteiger partial charge in [-0.25, -0.2) is 4.39 Å². The summed E-state index contributed by atoms with van der Waals surface area (Å²) in [6.07, 6.45) is -0.0958. The summed E-state index contributed by atoms with van der Waals surface area (Å²) < 4.78 is 25.0. The summed E-state index contributed by atoms with van der Waals surface area (Å²) in [7, 11) is 3.13. The highest BCUT2D eigenvalue weighted by Crippen LogP contribution is 2.30. The van der Waals surface area contributed by atoms with Crippen LogP contribution in [0.2, 0.25) is 0 Å². The molecule has 0 aliphatic rings. The molecule has 0 bridgehead atoms. The summed E-state index contributed by atoms with van der Waals surface area (Å²) in [6.45, 7) is 6.87. The van der Waals surface area contributed by atoms with Gasteiger partial charge in [-0.1, -0.05) is 32.9 Å². The number of nitrogens with one attached hydrogen (secondary N) is 1. The van der Waals surface area contributed by atoms with Crippen molar-refractivity contribution in [1.82, 2.24) is 5.32 Å². The molecule has 0 aliphatic heterocycles. The average molecular weight is 269 g/mol. The van der Waals surface area contributed by atoms with Gasteiger partial charge in [-0.3, -0.25) is 0 Å². The third-order valence-corrected chi connectivity index (χ3v) is 3.23. The molecule has 19 heavy (non-hydrogen) atoms. The van der Waals surface area contributed by atoms with Crippen LogP contribution in [0.25, 0.3) is 0 Å². The summed E-state index contributed by atoms with van der Waals surface area (Å²) in [5.74, 6) is 0.220. The number of ether oxygens (including phenoxy) is 2. The van der Waals surface area contributed by atoms with Crippen LogP contribution in [0.4, 0.5) is 4.39 Å². The Balaban J connectivity index is 3.18. The van der Waals surface area contributed by atoms with Gasteiger partial charge in [0.1, 0.15) is 0 Å². The fourth-order valence-electron chi connectivity index (χ4n) is 2.34. The highest BCUT2D eigenvalue weighted by Gasteiger charge is 2.28. The van der Waals surface area contributed by atoms with E-state index >= 15 is 0 Å². The molecule has 108 valence electrons. The molecule has 0 amide bonds. The van der Waals surface area contributed by atoms with Gasteiger partial charge in [0.2, 0.25) is 0 Å². The lowest BCUT2D eigenvalue weighted by Gasteiger charge is -2.30. The first kappa shape index (κ1) is 15.9. The molecule has 0 aromatic heterocycles. The lowest BCUT2D eigenvalue weighted by Crippen LogP contribution is -2.37. The van der Waals surface area contributed by atoms with Crippen LogP contribution in [0.15, 0.2) is 18.2 Å². The van der Waals surface area contributed by atoms with Crippen molar-refractivity contribution in [2.45, 2.75) is 32.9 Å². The number of rotatable bonds is 7. The van der Waals surface area contributed by atoms with E-state index < -0.39 is 0 Å². The molecule has 0 saturated heterocycles. The van der Waals surface area contributed by atoms with Gasteiger partial charge < -0.3 is 14.8 Å². The third kappa shape index (κ3) is 3.67.